The van der Waals surface area contributed by atoms with Crippen molar-refractivity contribution in [3.8, 4) is 5.75 Å². The summed E-state index contributed by atoms with van der Waals surface area (Å²) in [5.41, 5.74) is 0.821. The molecule has 0 fully saturated rings. The number of pyridine rings is 1. The normalized spacial score (nSPS) is 11.5. The summed E-state index contributed by atoms with van der Waals surface area (Å²) in [7, 11) is 1.50. The molecule has 0 saturated heterocycles. The second-order valence-electron chi connectivity index (χ2n) is 8.35. The van der Waals surface area contributed by atoms with Gasteiger partial charge in [-0.15, -0.1) is 0 Å². The zero-order chi connectivity index (χ0) is 26.1. The van der Waals surface area contributed by atoms with Gasteiger partial charge in [-0.25, -0.2) is 9.37 Å². The molecule has 0 aliphatic carbocycles. The molecule has 3 amide bonds. The predicted molar refractivity (Wildman–Crippen MR) is 135 cm³/mol. The lowest BCUT2D eigenvalue weighted by atomic mass is 10.0. The number of ether oxygens (including phenoxy) is 1. The van der Waals surface area contributed by atoms with Crippen LogP contribution in [0.15, 0.2) is 72.9 Å². The largest absolute Gasteiger partial charge is 0.497 e. The molecule has 2 aromatic carbocycles. The first kappa shape index (κ1) is 26.3. The van der Waals surface area contributed by atoms with Crippen molar-refractivity contribution in [1.29, 1.82) is 0 Å². The average molecular weight is 493 g/mol. The van der Waals surface area contributed by atoms with Gasteiger partial charge in [-0.1, -0.05) is 24.3 Å². The van der Waals surface area contributed by atoms with E-state index in [1.807, 2.05) is 0 Å². The standard InChI is InChI=1S/C27H29FN4O4/c1-18(2)30-27(35)26(19-10-12-20(28)13-11-19)32(21-7-6-8-22(17-21)36-3)25(34)15-14-24(33)31-23-9-4-5-16-29-23/h4-13,16-18,26H,14-15H2,1-3H3,(H,30,35)(H,29,31,33). The fourth-order valence-electron chi connectivity index (χ4n) is 3.61. The highest BCUT2D eigenvalue weighted by atomic mass is 19.1. The number of methoxy groups -OCH3 is 1. The quantitative estimate of drug-likeness (QED) is 0.441. The van der Waals surface area contributed by atoms with E-state index in [-0.39, 0.29) is 18.9 Å². The second-order valence-corrected chi connectivity index (χ2v) is 8.35. The lowest BCUT2D eigenvalue weighted by molar-refractivity contribution is -0.127. The third kappa shape index (κ3) is 7.11. The van der Waals surface area contributed by atoms with E-state index in [4.69, 9.17) is 4.74 Å². The summed E-state index contributed by atoms with van der Waals surface area (Å²) < 4.78 is 19.0. The van der Waals surface area contributed by atoms with Crippen LogP contribution in [0.25, 0.3) is 0 Å². The summed E-state index contributed by atoms with van der Waals surface area (Å²) in [6.45, 7) is 3.61. The van der Waals surface area contributed by atoms with Crippen molar-refractivity contribution in [1.82, 2.24) is 10.3 Å². The summed E-state index contributed by atoms with van der Waals surface area (Å²) >= 11 is 0. The number of hydrogen-bond acceptors (Lipinski definition) is 5. The van der Waals surface area contributed by atoms with Crippen LogP contribution in [0.4, 0.5) is 15.9 Å². The lowest BCUT2D eigenvalue weighted by Gasteiger charge is -2.32. The van der Waals surface area contributed by atoms with Crippen LogP contribution in [-0.4, -0.2) is 35.9 Å². The summed E-state index contributed by atoms with van der Waals surface area (Å²) in [4.78, 5) is 44.8. The Labute approximate surface area is 209 Å². The molecular weight excluding hydrogens is 463 g/mol. The van der Waals surface area contributed by atoms with Gasteiger partial charge in [0, 0.05) is 36.8 Å². The summed E-state index contributed by atoms with van der Waals surface area (Å²) in [6, 6.07) is 15.9. The molecule has 1 heterocycles. The first-order valence-electron chi connectivity index (χ1n) is 11.5. The molecule has 0 spiro atoms. The van der Waals surface area contributed by atoms with Crippen LogP contribution in [-0.2, 0) is 14.4 Å². The van der Waals surface area contributed by atoms with Gasteiger partial charge in [-0.05, 0) is 55.8 Å². The number of carbonyl (C=O) groups is 3. The maximum Gasteiger partial charge on any atom is 0.248 e. The molecule has 3 aromatic rings. The summed E-state index contributed by atoms with van der Waals surface area (Å²) in [5.74, 6) is -0.899. The molecule has 1 unspecified atom stereocenters. The smallest absolute Gasteiger partial charge is 0.248 e. The van der Waals surface area contributed by atoms with E-state index in [0.29, 0.717) is 22.8 Å². The van der Waals surface area contributed by atoms with E-state index in [1.165, 1.54) is 36.3 Å². The van der Waals surface area contributed by atoms with Gasteiger partial charge in [0.25, 0.3) is 0 Å². The molecule has 3 rings (SSSR count). The molecule has 8 nitrogen and oxygen atoms in total. The minimum Gasteiger partial charge on any atom is -0.497 e. The molecule has 188 valence electrons. The van der Waals surface area contributed by atoms with Crippen LogP contribution in [0, 0.1) is 5.82 Å². The van der Waals surface area contributed by atoms with Crippen LogP contribution in [0.1, 0.15) is 38.3 Å². The first-order valence-corrected chi connectivity index (χ1v) is 11.5. The topological polar surface area (TPSA) is 101 Å². The van der Waals surface area contributed by atoms with Gasteiger partial charge >= 0.3 is 0 Å². The van der Waals surface area contributed by atoms with Crippen molar-refractivity contribution < 1.29 is 23.5 Å². The highest BCUT2D eigenvalue weighted by molar-refractivity contribution is 6.03. The van der Waals surface area contributed by atoms with E-state index < -0.39 is 29.6 Å². The Kier molecular flexibility index (Phi) is 9.10. The fraction of sp³-hybridized carbons (Fsp3) is 0.259. The molecule has 0 aliphatic heterocycles. The number of anilines is 2. The van der Waals surface area contributed by atoms with Crippen molar-refractivity contribution in [2.75, 3.05) is 17.3 Å². The Bertz CT molecular complexity index is 1190. The van der Waals surface area contributed by atoms with Crippen LogP contribution >= 0.6 is 0 Å². The Morgan fingerprint density at radius 3 is 2.39 bits per heavy atom. The highest BCUT2D eigenvalue weighted by Crippen LogP contribution is 2.31. The second kappa shape index (κ2) is 12.4. The van der Waals surface area contributed by atoms with Gasteiger partial charge in [0.1, 0.15) is 23.4 Å². The Hall–Kier alpha value is -4.27. The molecule has 0 radical (unpaired) electrons. The van der Waals surface area contributed by atoms with E-state index in [0.717, 1.165) is 0 Å². The predicted octanol–water partition coefficient (Wildman–Crippen LogP) is 4.25. The zero-order valence-electron chi connectivity index (χ0n) is 20.4. The molecule has 1 aromatic heterocycles. The molecular formula is C27H29FN4O4. The van der Waals surface area contributed by atoms with Crippen LogP contribution in [0.2, 0.25) is 0 Å². The molecule has 0 bridgehead atoms. The van der Waals surface area contributed by atoms with Crippen LogP contribution in [0.3, 0.4) is 0 Å². The van der Waals surface area contributed by atoms with E-state index in [1.54, 1.807) is 62.5 Å². The Morgan fingerprint density at radius 1 is 1.00 bits per heavy atom. The number of hydrogen-bond donors (Lipinski definition) is 2. The molecule has 0 saturated carbocycles. The zero-order valence-corrected chi connectivity index (χ0v) is 20.4. The number of rotatable bonds is 10. The number of aromatic nitrogens is 1. The van der Waals surface area contributed by atoms with Crippen molar-refractivity contribution >= 4 is 29.2 Å². The van der Waals surface area contributed by atoms with Gasteiger partial charge in [-0.2, -0.15) is 0 Å². The minimum atomic E-state index is -1.11. The van der Waals surface area contributed by atoms with Gasteiger partial charge in [0.15, 0.2) is 0 Å². The minimum absolute atomic E-state index is 0.127. The molecule has 36 heavy (non-hydrogen) atoms. The first-order chi connectivity index (χ1) is 17.3. The van der Waals surface area contributed by atoms with Crippen molar-refractivity contribution in [3.63, 3.8) is 0 Å². The maximum absolute atomic E-state index is 13.7. The van der Waals surface area contributed by atoms with Crippen LogP contribution in [0.5, 0.6) is 5.75 Å². The number of nitrogens with zero attached hydrogens (tertiary/aromatic N) is 2. The van der Waals surface area contributed by atoms with Crippen LogP contribution < -0.4 is 20.3 Å². The molecule has 0 aliphatic rings. The fourth-order valence-corrected chi connectivity index (χ4v) is 3.61. The van der Waals surface area contributed by atoms with Crippen molar-refractivity contribution in [3.05, 3.63) is 84.3 Å². The van der Waals surface area contributed by atoms with Crippen molar-refractivity contribution in [2.24, 2.45) is 0 Å². The Balaban J connectivity index is 1.95. The lowest BCUT2D eigenvalue weighted by Crippen LogP contribution is -2.46. The van der Waals surface area contributed by atoms with Crippen molar-refractivity contribution in [2.45, 2.75) is 38.8 Å². The number of nitrogens with one attached hydrogen (secondary N) is 2. The summed E-state index contributed by atoms with van der Waals surface area (Å²) in [6.07, 6.45) is 1.24. The number of carbonyl (C=O) groups excluding carboxylic acids is 3. The van der Waals surface area contributed by atoms with Gasteiger partial charge in [0.05, 0.1) is 7.11 Å². The molecule has 1 atom stereocenters. The summed E-state index contributed by atoms with van der Waals surface area (Å²) in [5, 5.41) is 5.49. The number of halogens is 1. The number of amides is 3. The third-order valence-electron chi connectivity index (χ3n) is 5.22. The average Bonchev–Trinajstić information content (AvgIpc) is 2.86. The Morgan fingerprint density at radius 2 is 1.75 bits per heavy atom. The molecule has 9 heteroatoms. The SMILES string of the molecule is COc1cccc(N(C(=O)CCC(=O)Nc2ccccn2)C(C(=O)NC(C)C)c2ccc(F)cc2)c1. The van der Waals surface area contributed by atoms with Gasteiger partial charge < -0.3 is 15.4 Å². The van der Waals surface area contributed by atoms with E-state index in [9.17, 15) is 18.8 Å². The monoisotopic (exact) mass is 492 g/mol. The van der Waals surface area contributed by atoms with Gasteiger partial charge in [-0.3, -0.25) is 19.3 Å². The molecule has 2 N–H and O–H groups in total. The van der Waals surface area contributed by atoms with Gasteiger partial charge in [0.2, 0.25) is 17.7 Å². The maximum atomic E-state index is 13.7. The highest BCUT2D eigenvalue weighted by Gasteiger charge is 2.33. The van der Waals surface area contributed by atoms with E-state index in [2.05, 4.69) is 15.6 Å². The number of benzene rings is 2. The third-order valence-corrected chi connectivity index (χ3v) is 5.22. The van der Waals surface area contributed by atoms with E-state index >= 15 is 0 Å².